The zero-order chi connectivity index (χ0) is 30.5. The molecule has 2 aromatic rings. The molecule has 1 aliphatic carbocycles. The molecule has 2 N–H and O–H groups in total. The molecule has 3 heterocycles. The standard InChI is InChI=1S/C34H39Cl2N3O4/c1-19-8-7-11-26(21(19)3)38-32(41)30-34-15-14-27(43-34)28(31(40)37-25-17-23(35)16-24(36)18-25)29(34)33(42)39(30)20(2)12-13-22-9-5-4-6-10-22/h4-6,9-10,14-21,26-30H,7-8,11-13H2,1-3H3,(H,37,40)(H,38,41). The number of hydrogen-bond donors (Lipinski definition) is 2. The average molecular weight is 625 g/mol. The molecular weight excluding hydrogens is 585 g/mol. The SMILES string of the molecule is CC1CCCC(NC(=O)C2N(C(C)CCc3ccccc3)C(=O)C3C(C(=O)Nc4cc(Cl)cc(Cl)c4)C4C=CC32O4)C1C. The van der Waals surface area contributed by atoms with Crippen molar-refractivity contribution in [1.29, 1.82) is 0 Å². The topological polar surface area (TPSA) is 87.7 Å². The van der Waals surface area contributed by atoms with E-state index in [1.54, 1.807) is 23.1 Å². The molecule has 2 bridgehead atoms. The summed E-state index contributed by atoms with van der Waals surface area (Å²) < 4.78 is 6.54. The van der Waals surface area contributed by atoms with Crippen molar-refractivity contribution < 1.29 is 19.1 Å². The van der Waals surface area contributed by atoms with E-state index in [1.807, 2.05) is 37.3 Å². The molecule has 2 saturated heterocycles. The number of ether oxygens (including phenoxy) is 1. The Bertz CT molecular complexity index is 1410. The molecule has 1 spiro atoms. The molecule has 0 aromatic heterocycles. The monoisotopic (exact) mass is 623 g/mol. The maximum Gasteiger partial charge on any atom is 0.246 e. The summed E-state index contributed by atoms with van der Waals surface area (Å²) in [6.45, 7) is 6.41. The first-order valence-electron chi connectivity index (χ1n) is 15.4. The number of fused-ring (bicyclic) bond motifs is 1. The predicted molar refractivity (Wildman–Crippen MR) is 168 cm³/mol. The second-order valence-electron chi connectivity index (χ2n) is 12.8. The summed E-state index contributed by atoms with van der Waals surface area (Å²) in [4.78, 5) is 44.3. The van der Waals surface area contributed by atoms with Gasteiger partial charge in [0.25, 0.3) is 0 Å². The maximum atomic E-state index is 14.4. The second kappa shape index (κ2) is 11.9. The second-order valence-corrected chi connectivity index (χ2v) is 13.7. The van der Waals surface area contributed by atoms with Gasteiger partial charge in [0.1, 0.15) is 11.6 Å². The van der Waals surface area contributed by atoms with Crippen LogP contribution in [0.1, 0.15) is 52.0 Å². The summed E-state index contributed by atoms with van der Waals surface area (Å²) in [5, 5.41) is 7.01. The van der Waals surface area contributed by atoms with Crippen LogP contribution in [0.5, 0.6) is 0 Å². The highest BCUT2D eigenvalue weighted by atomic mass is 35.5. The Labute approximate surface area is 263 Å². The van der Waals surface area contributed by atoms with Crippen molar-refractivity contribution in [3.8, 4) is 0 Å². The van der Waals surface area contributed by atoms with Crippen LogP contribution >= 0.6 is 23.2 Å². The molecule has 43 heavy (non-hydrogen) atoms. The normalized spacial score (nSPS) is 33.4. The van der Waals surface area contributed by atoms with Crippen molar-refractivity contribution in [2.75, 3.05) is 5.32 Å². The van der Waals surface area contributed by atoms with Crippen LogP contribution in [0.15, 0.2) is 60.7 Å². The number of carbonyl (C=O) groups is 3. The van der Waals surface area contributed by atoms with Crippen molar-refractivity contribution in [3.63, 3.8) is 0 Å². The van der Waals surface area contributed by atoms with E-state index in [1.165, 1.54) is 5.56 Å². The van der Waals surface area contributed by atoms with Crippen LogP contribution in [-0.2, 0) is 25.5 Å². The van der Waals surface area contributed by atoms with E-state index >= 15 is 0 Å². The lowest BCUT2D eigenvalue weighted by molar-refractivity contribution is -0.144. The van der Waals surface area contributed by atoms with Crippen LogP contribution in [0.3, 0.4) is 0 Å². The van der Waals surface area contributed by atoms with Crippen LogP contribution in [0.2, 0.25) is 10.0 Å². The Kier molecular flexibility index (Phi) is 8.35. The van der Waals surface area contributed by atoms with E-state index < -0.39 is 29.6 Å². The predicted octanol–water partition coefficient (Wildman–Crippen LogP) is 6.04. The highest BCUT2D eigenvalue weighted by Gasteiger charge is 2.73. The van der Waals surface area contributed by atoms with Gasteiger partial charge in [-0.15, -0.1) is 0 Å². The first-order valence-corrected chi connectivity index (χ1v) is 16.1. The van der Waals surface area contributed by atoms with Gasteiger partial charge in [0.2, 0.25) is 17.7 Å². The van der Waals surface area contributed by atoms with Gasteiger partial charge in [0, 0.05) is 27.8 Å². The van der Waals surface area contributed by atoms with E-state index in [4.69, 9.17) is 27.9 Å². The summed E-state index contributed by atoms with van der Waals surface area (Å²) in [6.07, 6.45) is 7.62. The van der Waals surface area contributed by atoms with Gasteiger partial charge in [-0.2, -0.15) is 0 Å². The van der Waals surface area contributed by atoms with E-state index in [9.17, 15) is 14.4 Å². The minimum absolute atomic E-state index is 0.0255. The highest BCUT2D eigenvalue weighted by molar-refractivity contribution is 6.35. The fraction of sp³-hybridized carbons (Fsp3) is 0.500. The summed E-state index contributed by atoms with van der Waals surface area (Å²) in [5.41, 5.74) is 0.390. The maximum absolute atomic E-state index is 14.4. The first-order chi connectivity index (χ1) is 20.6. The van der Waals surface area contributed by atoms with Crippen LogP contribution in [-0.4, -0.2) is 52.5 Å². The average Bonchev–Trinajstić information content (AvgIpc) is 3.61. The number of likely N-dealkylation sites (tertiary alicyclic amines) is 1. The molecule has 1 saturated carbocycles. The van der Waals surface area contributed by atoms with E-state index in [0.29, 0.717) is 34.0 Å². The molecule has 6 rings (SSSR count). The minimum Gasteiger partial charge on any atom is -0.359 e. The fourth-order valence-corrected chi connectivity index (χ4v) is 8.27. The third kappa shape index (κ3) is 5.49. The van der Waals surface area contributed by atoms with Crippen LogP contribution in [0.4, 0.5) is 5.69 Å². The van der Waals surface area contributed by atoms with Gasteiger partial charge in [-0.25, -0.2) is 0 Å². The third-order valence-electron chi connectivity index (χ3n) is 10.2. The van der Waals surface area contributed by atoms with Crippen LogP contribution in [0, 0.1) is 23.7 Å². The zero-order valence-corrected chi connectivity index (χ0v) is 26.3. The molecule has 0 radical (unpaired) electrons. The summed E-state index contributed by atoms with van der Waals surface area (Å²) in [7, 11) is 0. The van der Waals surface area contributed by atoms with Gasteiger partial charge in [0.05, 0.1) is 17.9 Å². The minimum atomic E-state index is -1.22. The molecule has 228 valence electrons. The Morgan fingerprint density at radius 2 is 1.79 bits per heavy atom. The van der Waals surface area contributed by atoms with Gasteiger partial charge in [-0.05, 0) is 61.8 Å². The number of carbonyl (C=O) groups excluding carboxylic acids is 3. The Hall–Kier alpha value is -2.87. The van der Waals surface area contributed by atoms with Crippen molar-refractivity contribution in [2.24, 2.45) is 23.7 Å². The number of anilines is 1. The third-order valence-corrected chi connectivity index (χ3v) is 10.6. The van der Waals surface area contributed by atoms with Crippen LogP contribution in [0.25, 0.3) is 0 Å². The number of amides is 3. The lowest BCUT2D eigenvalue weighted by atomic mass is 9.73. The van der Waals surface area contributed by atoms with Gasteiger partial charge in [-0.1, -0.05) is 92.4 Å². The van der Waals surface area contributed by atoms with Crippen molar-refractivity contribution in [2.45, 2.75) is 82.7 Å². The van der Waals surface area contributed by atoms with Gasteiger partial charge >= 0.3 is 0 Å². The zero-order valence-electron chi connectivity index (χ0n) is 24.8. The fourth-order valence-electron chi connectivity index (χ4n) is 7.74. The summed E-state index contributed by atoms with van der Waals surface area (Å²) in [6, 6.07) is 13.8. The van der Waals surface area contributed by atoms with Gasteiger partial charge < -0.3 is 20.3 Å². The number of hydrogen-bond acceptors (Lipinski definition) is 4. The lowest BCUT2D eigenvalue weighted by Gasteiger charge is -2.39. The molecule has 4 aliphatic rings. The smallest absolute Gasteiger partial charge is 0.246 e. The molecular formula is C34H39Cl2N3O4. The molecule has 2 aromatic carbocycles. The van der Waals surface area contributed by atoms with E-state index in [-0.39, 0.29) is 29.8 Å². The molecule has 3 aliphatic heterocycles. The molecule has 3 fully saturated rings. The number of nitrogens with one attached hydrogen (secondary N) is 2. The number of rotatable bonds is 8. The Balaban J connectivity index is 1.30. The summed E-state index contributed by atoms with van der Waals surface area (Å²) in [5.74, 6) is -1.58. The number of aryl methyl sites for hydroxylation is 1. The lowest BCUT2D eigenvalue weighted by Crippen LogP contribution is -2.59. The van der Waals surface area contributed by atoms with Crippen molar-refractivity contribution >= 4 is 46.6 Å². The first kappa shape index (κ1) is 30.2. The van der Waals surface area contributed by atoms with Crippen molar-refractivity contribution in [3.05, 3.63) is 76.3 Å². The quantitative estimate of drug-likeness (QED) is 0.351. The summed E-state index contributed by atoms with van der Waals surface area (Å²) >= 11 is 12.3. The van der Waals surface area contributed by atoms with Crippen molar-refractivity contribution in [1.82, 2.24) is 10.2 Å². The molecule has 9 heteroatoms. The number of benzene rings is 2. The van der Waals surface area contributed by atoms with E-state index in [0.717, 1.165) is 25.7 Å². The largest absolute Gasteiger partial charge is 0.359 e. The number of halogens is 2. The van der Waals surface area contributed by atoms with Crippen LogP contribution < -0.4 is 10.6 Å². The Morgan fingerprint density at radius 1 is 1.07 bits per heavy atom. The van der Waals surface area contributed by atoms with E-state index in [2.05, 4.69) is 36.6 Å². The van der Waals surface area contributed by atoms with Gasteiger partial charge in [-0.3, -0.25) is 14.4 Å². The Morgan fingerprint density at radius 3 is 2.51 bits per heavy atom. The molecule has 9 atom stereocenters. The molecule has 7 nitrogen and oxygen atoms in total. The molecule has 9 unspecified atom stereocenters. The molecule has 3 amide bonds. The van der Waals surface area contributed by atoms with Gasteiger partial charge in [0.15, 0.2) is 0 Å². The number of nitrogens with zero attached hydrogens (tertiary/aromatic N) is 1. The highest BCUT2D eigenvalue weighted by Crippen LogP contribution is 2.56.